The molecule has 12 rings (SSSR count). The van der Waals surface area contributed by atoms with E-state index in [9.17, 15) is 14.4 Å². The van der Waals surface area contributed by atoms with E-state index >= 15 is 18.0 Å². The van der Waals surface area contributed by atoms with E-state index < -0.39 is 59.8 Å². The molecule has 1 spiro atoms. The maximum atomic E-state index is 15.2. The Labute approximate surface area is 477 Å². The Kier molecular flexibility index (Phi) is 15.5. The van der Waals surface area contributed by atoms with E-state index in [1.807, 2.05) is 82.0 Å². The number of nitrogens with zero attached hydrogens (tertiary/aromatic N) is 7. The van der Waals surface area contributed by atoms with E-state index in [0.717, 1.165) is 35.5 Å². The van der Waals surface area contributed by atoms with Crippen LogP contribution in [0.4, 0.5) is 18.9 Å². The number of rotatable bonds is 11. The molecule has 0 radical (unpaired) electrons. The molecule has 6 bridgehead atoms. The number of hydrogen-bond acceptors (Lipinski definition) is 14. The van der Waals surface area contributed by atoms with Crippen LogP contribution in [0.5, 0.6) is 0 Å². The second-order valence-electron chi connectivity index (χ2n) is 25.6. The molecular weight excluding hydrogens is 1060 g/mol. The molecule has 18 nitrogen and oxygen atoms in total. The van der Waals surface area contributed by atoms with Crippen molar-refractivity contribution in [2.45, 2.75) is 134 Å². The molecule has 82 heavy (non-hydrogen) atoms. The molecule has 4 aromatic rings. The Balaban J connectivity index is 0.899. The molecule has 442 valence electrons. The van der Waals surface area contributed by atoms with Crippen molar-refractivity contribution >= 4 is 40.3 Å². The maximum Gasteiger partial charge on any atom is 0.406 e. The highest BCUT2D eigenvalue weighted by Gasteiger charge is 2.57. The molecule has 21 heteroatoms. The number of hydrogen-bond donors (Lipinski definition) is 3. The number of pyridine rings is 1. The lowest BCUT2D eigenvalue weighted by atomic mass is 9.84. The molecule has 6 saturated heterocycles. The summed E-state index contributed by atoms with van der Waals surface area (Å²) < 4.78 is 71.4. The summed E-state index contributed by atoms with van der Waals surface area (Å²) in [5.41, 5.74) is 7.20. The Morgan fingerprint density at radius 2 is 1.76 bits per heavy atom. The van der Waals surface area contributed by atoms with Crippen LogP contribution in [0, 0.1) is 17.3 Å². The summed E-state index contributed by atoms with van der Waals surface area (Å²) in [7, 11) is 1.56. The summed E-state index contributed by atoms with van der Waals surface area (Å²) in [5.74, 6) is -0.734. The van der Waals surface area contributed by atoms with Gasteiger partial charge in [0.05, 0.1) is 81.0 Å². The van der Waals surface area contributed by atoms with E-state index in [0.29, 0.717) is 118 Å². The second-order valence-corrected chi connectivity index (χ2v) is 25.6. The zero-order valence-electron chi connectivity index (χ0n) is 48.1. The number of likely N-dealkylation sites (tertiary alicyclic amines) is 1. The monoisotopic (exact) mass is 1140 g/mol. The molecule has 7 fully saturated rings. The van der Waals surface area contributed by atoms with Gasteiger partial charge < -0.3 is 38.6 Å². The smallest absolute Gasteiger partial charge is 0.406 e. The number of halogens is 3. The first-order valence-electron chi connectivity index (χ1n) is 29.6. The van der Waals surface area contributed by atoms with Crippen molar-refractivity contribution < 1.29 is 51.3 Å². The van der Waals surface area contributed by atoms with Gasteiger partial charge in [-0.15, -0.1) is 0 Å². The normalized spacial score (nSPS) is 26.9. The predicted octanol–water partition coefficient (Wildman–Crippen LogP) is 5.50. The summed E-state index contributed by atoms with van der Waals surface area (Å²) in [4.78, 5) is 71.3. The van der Waals surface area contributed by atoms with Gasteiger partial charge in [0, 0.05) is 87.3 Å². The highest BCUT2D eigenvalue weighted by Crippen LogP contribution is 2.45. The van der Waals surface area contributed by atoms with Gasteiger partial charge in [0.25, 0.3) is 5.91 Å². The van der Waals surface area contributed by atoms with Crippen LogP contribution in [0.15, 0.2) is 54.7 Å². The van der Waals surface area contributed by atoms with Crippen LogP contribution in [-0.4, -0.2) is 193 Å². The lowest BCUT2D eigenvalue weighted by Crippen LogP contribution is -2.73. The SMILES string of the molecule is CO[C@@H](C)c1ncc(N2CCN3CCOC[C@@H]3C2)cc1-c1c2c3cc(ccc3n1CC(F)(F)F)-c1cccc(c1)C[C@H](NC(=O)C(C(C)C)N1CCOC3(CN(C(=O)[C@@H]4NC4C4CC4)C3)C1)C(=O)N1CCC[C@H](N1)C(=O)OCC(C)(C)C2. The van der Waals surface area contributed by atoms with Gasteiger partial charge in [-0.1, -0.05) is 58.0 Å². The third-order valence-electron chi connectivity index (χ3n) is 18.4. The first kappa shape index (κ1) is 56.8. The van der Waals surface area contributed by atoms with E-state index in [1.165, 1.54) is 22.4 Å². The number of amides is 3. The van der Waals surface area contributed by atoms with Crippen LogP contribution in [0.2, 0.25) is 0 Å². The van der Waals surface area contributed by atoms with Crippen LogP contribution in [-0.2, 0) is 57.5 Å². The number of cyclic esters (lactones) is 1. The van der Waals surface area contributed by atoms with Gasteiger partial charge in [0.2, 0.25) is 11.8 Å². The molecule has 8 aliphatic rings. The molecular formula is C61H79F3N10O8. The highest BCUT2D eigenvalue weighted by molar-refractivity contribution is 5.96. The highest BCUT2D eigenvalue weighted by atomic mass is 19.4. The van der Waals surface area contributed by atoms with Crippen molar-refractivity contribution in [3.8, 4) is 22.4 Å². The van der Waals surface area contributed by atoms with E-state index in [4.69, 9.17) is 23.9 Å². The minimum absolute atomic E-state index is 0.0799. The van der Waals surface area contributed by atoms with Gasteiger partial charge in [-0.25, -0.2) is 5.43 Å². The van der Waals surface area contributed by atoms with E-state index in [1.54, 1.807) is 19.4 Å². The standard InChI is InChI=1S/C61H79F3N10O8/c1-36(2)53(71-20-22-82-60(31-71)32-72(33-60)57(77)52-51(67-52)39-12-13-39)55(75)66-48-24-38-9-7-10-40(23-38)41-14-15-49-44(25-41)46(27-59(4,5)35-81-58(78)47-11-8-16-74(68-47)56(48)76)54(73(49)34-61(62,63)64)45-26-42(28-65-50(45)37(3)79-6)70-18-17-69-19-21-80-30-43(69)29-70/h7,9-10,14-15,23,25-26,28,36-37,39,43,47-48,51-53,67-68H,8,11-13,16-22,24,27,29-35H2,1-6H3,(H,66,75)/t37-,43-,47-,48-,51?,52+,53?/m0/s1. The predicted molar refractivity (Wildman–Crippen MR) is 301 cm³/mol. The average Bonchev–Trinajstić information content (AvgIpc) is 4.58. The van der Waals surface area contributed by atoms with Crippen molar-refractivity contribution in [1.29, 1.82) is 0 Å². The fraction of sp³-hybridized carbons (Fsp3) is 0.623. The number of hydrazine groups is 1. The number of methoxy groups -OCH3 is 1. The molecule has 2 aromatic carbocycles. The maximum absolute atomic E-state index is 15.2. The van der Waals surface area contributed by atoms with Gasteiger partial charge in [-0.2, -0.15) is 13.2 Å². The zero-order chi connectivity index (χ0) is 57.4. The number of morpholine rings is 2. The van der Waals surface area contributed by atoms with Crippen LogP contribution >= 0.6 is 0 Å². The first-order valence-corrected chi connectivity index (χ1v) is 29.6. The molecule has 7 aliphatic heterocycles. The van der Waals surface area contributed by atoms with Crippen LogP contribution in [0.3, 0.4) is 0 Å². The Morgan fingerprint density at radius 1 is 0.951 bits per heavy atom. The number of aromatic nitrogens is 2. The third kappa shape index (κ3) is 11.6. The number of nitrogens with one attached hydrogen (secondary N) is 3. The topological polar surface area (TPSA) is 185 Å². The van der Waals surface area contributed by atoms with Crippen molar-refractivity contribution in [2.24, 2.45) is 17.3 Å². The molecule has 1 aliphatic carbocycles. The number of fused-ring (bicyclic) bond motifs is 7. The van der Waals surface area contributed by atoms with Gasteiger partial charge in [0.15, 0.2) is 0 Å². The number of benzene rings is 2. The van der Waals surface area contributed by atoms with Crippen molar-refractivity contribution in [2.75, 3.05) is 97.3 Å². The third-order valence-corrected chi connectivity index (χ3v) is 18.4. The number of carbonyl (C=O) groups excluding carboxylic acids is 4. The van der Waals surface area contributed by atoms with Crippen molar-refractivity contribution in [3.63, 3.8) is 0 Å². The summed E-state index contributed by atoms with van der Waals surface area (Å²) in [5, 5.41) is 8.61. The van der Waals surface area contributed by atoms with Crippen LogP contribution in [0.25, 0.3) is 33.3 Å². The number of anilines is 1. The fourth-order valence-electron chi connectivity index (χ4n) is 13.9. The Morgan fingerprint density at radius 3 is 2.52 bits per heavy atom. The number of piperazine rings is 1. The molecule has 2 aromatic heterocycles. The van der Waals surface area contributed by atoms with E-state index in [-0.39, 0.29) is 55.3 Å². The Bertz CT molecular complexity index is 3090. The minimum atomic E-state index is -4.62. The first-order chi connectivity index (χ1) is 39.2. The minimum Gasteiger partial charge on any atom is -0.464 e. The van der Waals surface area contributed by atoms with Crippen molar-refractivity contribution in [1.82, 2.24) is 45.3 Å². The Hall–Kier alpha value is -5.68. The van der Waals surface area contributed by atoms with Gasteiger partial charge in [-0.05, 0) is 91.3 Å². The molecule has 2 unspecified atom stereocenters. The lowest BCUT2D eigenvalue weighted by Gasteiger charge is -2.55. The molecule has 3 N–H and O–H groups in total. The summed E-state index contributed by atoms with van der Waals surface area (Å²) >= 11 is 0. The largest absolute Gasteiger partial charge is 0.464 e. The number of esters is 1. The number of ether oxygens (including phenoxy) is 4. The summed E-state index contributed by atoms with van der Waals surface area (Å²) in [6.45, 7) is 15.2. The molecule has 7 atom stereocenters. The second kappa shape index (κ2) is 22.4. The van der Waals surface area contributed by atoms with Crippen LogP contribution < -0.4 is 21.0 Å². The number of alkyl halides is 3. The van der Waals surface area contributed by atoms with Gasteiger partial charge in [0.1, 0.15) is 30.3 Å². The van der Waals surface area contributed by atoms with Crippen molar-refractivity contribution in [3.05, 3.63) is 71.5 Å². The molecule has 1 saturated carbocycles. The van der Waals surface area contributed by atoms with Gasteiger partial charge in [-0.3, -0.25) is 44.3 Å². The molecule has 3 amide bonds. The van der Waals surface area contributed by atoms with E-state index in [2.05, 4.69) is 30.8 Å². The lowest BCUT2D eigenvalue weighted by molar-refractivity contribution is -0.197. The summed E-state index contributed by atoms with van der Waals surface area (Å²) in [6.07, 6.45) is 0.111. The quantitative estimate of drug-likeness (QED) is 0.126. The zero-order valence-corrected chi connectivity index (χ0v) is 48.1. The average molecular weight is 1140 g/mol. The van der Waals surface area contributed by atoms with Gasteiger partial charge >= 0.3 is 12.1 Å². The summed E-state index contributed by atoms with van der Waals surface area (Å²) in [6, 6.07) is 12.9. The van der Waals surface area contributed by atoms with Crippen LogP contribution in [0.1, 0.15) is 83.2 Å². The fourth-order valence-corrected chi connectivity index (χ4v) is 13.9. The molecule has 9 heterocycles. The number of carbonyl (C=O) groups is 4.